The van der Waals surface area contributed by atoms with Crippen LogP contribution < -0.4 is 5.73 Å². The Bertz CT molecular complexity index is 986. The normalized spacial score (nSPS) is 13.5. The summed E-state index contributed by atoms with van der Waals surface area (Å²) in [6, 6.07) is 10.0. The molecule has 1 amide bonds. The molecule has 2 aromatic carbocycles. The summed E-state index contributed by atoms with van der Waals surface area (Å²) in [6.07, 6.45) is 3.59. The number of fused-ring (bicyclic) bond motifs is 2. The van der Waals surface area contributed by atoms with Crippen molar-refractivity contribution in [2.75, 3.05) is 12.3 Å². The van der Waals surface area contributed by atoms with Crippen molar-refractivity contribution in [1.29, 1.82) is 0 Å². The average molecular weight is 318 g/mol. The molecule has 120 valence electrons. The third-order valence-corrected chi connectivity index (χ3v) is 4.60. The van der Waals surface area contributed by atoms with Crippen LogP contribution >= 0.6 is 0 Å². The zero-order valence-electron chi connectivity index (χ0n) is 13.5. The Kier molecular flexibility index (Phi) is 3.16. The zero-order chi connectivity index (χ0) is 16.8. The van der Waals surface area contributed by atoms with Crippen LogP contribution in [0.25, 0.3) is 22.0 Å². The van der Waals surface area contributed by atoms with Gasteiger partial charge in [-0.2, -0.15) is 5.10 Å². The molecule has 0 spiro atoms. The maximum atomic E-state index is 12.6. The molecule has 1 aromatic heterocycles. The molecule has 1 aliphatic rings. The largest absolute Gasteiger partial charge is 0.398 e. The number of aromatic nitrogens is 2. The molecule has 2 N–H and O–H groups in total. The van der Waals surface area contributed by atoms with Gasteiger partial charge in [-0.25, -0.2) is 0 Å². The number of nitrogens with zero attached hydrogens (tertiary/aromatic N) is 3. The number of amides is 1. The minimum atomic E-state index is -0.0224. The quantitative estimate of drug-likeness (QED) is 0.596. The molecule has 1 aliphatic heterocycles. The summed E-state index contributed by atoms with van der Waals surface area (Å²) in [6.45, 7) is 4.81. The molecule has 0 saturated carbocycles. The van der Waals surface area contributed by atoms with Crippen LogP contribution in [0.2, 0.25) is 0 Å². The number of nitrogens with two attached hydrogens (primary N) is 1. The number of anilines is 1. The van der Waals surface area contributed by atoms with Gasteiger partial charge in [0.2, 0.25) is 0 Å². The zero-order valence-corrected chi connectivity index (χ0v) is 13.5. The van der Waals surface area contributed by atoms with Crippen molar-refractivity contribution in [3.63, 3.8) is 0 Å². The number of rotatable bonds is 3. The SMILES string of the molecule is C=CCN1Cc2c(-c3ccc4cnn(C)c4c3)ccc(N)c2C1=O. The van der Waals surface area contributed by atoms with Crippen molar-refractivity contribution in [3.8, 4) is 11.1 Å². The van der Waals surface area contributed by atoms with Crippen LogP contribution in [0.15, 0.2) is 49.2 Å². The molecular weight excluding hydrogens is 300 g/mol. The minimum Gasteiger partial charge on any atom is -0.398 e. The number of aryl methyl sites for hydroxylation is 1. The van der Waals surface area contributed by atoms with Gasteiger partial charge in [0, 0.05) is 31.2 Å². The molecule has 0 saturated heterocycles. The van der Waals surface area contributed by atoms with E-state index < -0.39 is 0 Å². The Hall–Kier alpha value is -3.08. The highest BCUT2D eigenvalue weighted by Crippen LogP contribution is 2.36. The monoisotopic (exact) mass is 318 g/mol. The summed E-state index contributed by atoms with van der Waals surface area (Å²) in [4.78, 5) is 14.4. The highest BCUT2D eigenvalue weighted by Gasteiger charge is 2.31. The van der Waals surface area contributed by atoms with E-state index in [4.69, 9.17) is 5.73 Å². The van der Waals surface area contributed by atoms with Gasteiger partial charge in [-0.3, -0.25) is 9.48 Å². The first-order chi connectivity index (χ1) is 11.6. The molecule has 5 nitrogen and oxygen atoms in total. The standard InChI is InChI=1S/C19H18N4O/c1-3-8-23-11-15-14(6-7-16(20)18(15)19(23)24)12-4-5-13-10-21-22(2)17(13)9-12/h3-7,9-10H,1,8,11,20H2,2H3. The van der Waals surface area contributed by atoms with Gasteiger partial charge in [0.1, 0.15) is 0 Å². The number of benzene rings is 2. The highest BCUT2D eigenvalue weighted by atomic mass is 16.2. The Morgan fingerprint density at radius 1 is 1.33 bits per heavy atom. The number of carbonyl (C=O) groups is 1. The maximum Gasteiger partial charge on any atom is 0.256 e. The fourth-order valence-corrected chi connectivity index (χ4v) is 3.39. The molecule has 24 heavy (non-hydrogen) atoms. The van der Waals surface area contributed by atoms with Gasteiger partial charge >= 0.3 is 0 Å². The smallest absolute Gasteiger partial charge is 0.256 e. The van der Waals surface area contributed by atoms with Gasteiger partial charge < -0.3 is 10.6 Å². The predicted octanol–water partition coefficient (Wildman–Crippen LogP) is 2.96. The van der Waals surface area contributed by atoms with Gasteiger partial charge in [0.25, 0.3) is 5.91 Å². The van der Waals surface area contributed by atoms with Crippen LogP contribution in [0.3, 0.4) is 0 Å². The van der Waals surface area contributed by atoms with Crippen LogP contribution in [-0.2, 0) is 13.6 Å². The summed E-state index contributed by atoms with van der Waals surface area (Å²) >= 11 is 0. The number of hydrogen-bond donors (Lipinski definition) is 1. The van der Waals surface area contributed by atoms with E-state index in [2.05, 4.69) is 29.9 Å². The molecule has 0 unspecified atom stereocenters. The molecule has 0 bridgehead atoms. The highest BCUT2D eigenvalue weighted by molar-refractivity contribution is 6.05. The Morgan fingerprint density at radius 2 is 2.17 bits per heavy atom. The summed E-state index contributed by atoms with van der Waals surface area (Å²) in [7, 11) is 1.93. The lowest BCUT2D eigenvalue weighted by Crippen LogP contribution is -2.23. The van der Waals surface area contributed by atoms with Gasteiger partial charge in [0.15, 0.2) is 0 Å². The second-order valence-corrected chi connectivity index (χ2v) is 6.07. The van der Waals surface area contributed by atoms with E-state index in [9.17, 15) is 4.79 Å². The van der Waals surface area contributed by atoms with Crippen LogP contribution in [0.4, 0.5) is 5.69 Å². The van der Waals surface area contributed by atoms with E-state index in [1.807, 2.05) is 30.1 Å². The Labute approximate surface area is 140 Å². The third kappa shape index (κ3) is 2.01. The lowest BCUT2D eigenvalue weighted by atomic mass is 9.95. The van der Waals surface area contributed by atoms with Crippen molar-refractivity contribution in [1.82, 2.24) is 14.7 Å². The van der Waals surface area contributed by atoms with Gasteiger partial charge in [-0.1, -0.05) is 24.3 Å². The van der Waals surface area contributed by atoms with Crippen LogP contribution in [-0.4, -0.2) is 27.1 Å². The first kappa shape index (κ1) is 14.5. The molecule has 2 heterocycles. The van der Waals surface area contributed by atoms with E-state index in [0.717, 1.165) is 27.6 Å². The van der Waals surface area contributed by atoms with Crippen molar-refractivity contribution in [2.24, 2.45) is 7.05 Å². The molecule has 0 atom stereocenters. The topological polar surface area (TPSA) is 64.2 Å². The number of hydrogen-bond acceptors (Lipinski definition) is 3. The van der Waals surface area contributed by atoms with Crippen molar-refractivity contribution < 1.29 is 4.79 Å². The molecule has 5 heteroatoms. The molecule has 0 aliphatic carbocycles. The lowest BCUT2D eigenvalue weighted by molar-refractivity contribution is 0.0797. The van der Waals surface area contributed by atoms with Gasteiger partial charge in [0.05, 0.1) is 17.3 Å². The first-order valence-corrected chi connectivity index (χ1v) is 7.84. The third-order valence-electron chi connectivity index (χ3n) is 4.60. The predicted molar refractivity (Wildman–Crippen MR) is 95.5 cm³/mol. The second-order valence-electron chi connectivity index (χ2n) is 6.07. The summed E-state index contributed by atoms with van der Waals surface area (Å²) in [5.41, 5.74) is 11.4. The fraction of sp³-hybridized carbons (Fsp3) is 0.158. The Balaban J connectivity index is 1.89. The summed E-state index contributed by atoms with van der Waals surface area (Å²) in [5, 5.41) is 5.38. The molecule has 0 fully saturated rings. The van der Waals surface area contributed by atoms with Crippen LogP contribution in [0, 0.1) is 0 Å². The van der Waals surface area contributed by atoms with Crippen LogP contribution in [0.5, 0.6) is 0 Å². The van der Waals surface area contributed by atoms with Crippen LogP contribution in [0.1, 0.15) is 15.9 Å². The van der Waals surface area contributed by atoms with E-state index >= 15 is 0 Å². The first-order valence-electron chi connectivity index (χ1n) is 7.84. The summed E-state index contributed by atoms with van der Waals surface area (Å²) < 4.78 is 1.85. The average Bonchev–Trinajstić information content (AvgIpc) is 3.10. The van der Waals surface area contributed by atoms with Gasteiger partial charge in [-0.15, -0.1) is 6.58 Å². The number of carbonyl (C=O) groups excluding carboxylic acids is 1. The maximum absolute atomic E-state index is 12.6. The van der Waals surface area contributed by atoms with Gasteiger partial charge in [-0.05, 0) is 28.8 Å². The van der Waals surface area contributed by atoms with E-state index in [1.165, 1.54) is 0 Å². The molecule has 0 radical (unpaired) electrons. The fourth-order valence-electron chi connectivity index (χ4n) is 3.39. The van der Waals surface area contributed by atoms with Crippen molar-refractivity contribution in [2.45, 2.75) is 6.54 Å². The van der Waals surface area contributed by atoms with Crippen molar-refractivity contribution >= 4 is 22.5 Å². The second kappa shape index (κ2) is 5.23. The number of nitrogen functional groups attached to an aromatic ring is 1. The summed E-state index contributed by atoms with van der Waals surface area (Å²) in [5.74, 6) is -0.0224. The Morgan fingerprint density at radius 3 is 2.96 bits per heavy atom. The van der Waals surface area contributed by atoms with Crippen molar-refractivity contribution in [3.05, 3.63) is 60.3 Å². The van der Waals surface area contributed by atoms with E-state index in [0.29, 0.717) is 24.3 Å². The molecule has 4 rings (SSSR count). The minimum absolute atomic E-state index is 0.0224. The van der Waals surface area contributed by atoms with E-state index in [1.54, 1.807) is 11.0 Å². The van der Waals surface area contributed by atoms with E-state index in [-0.39, 0.29) is 5.91 Å². The lowest BCUT2D eigenvalue weighted by Gasteiger charge is -2.12. The molecular formula is C19H18N4O. The molecule has 3 aromatic rings.